The first-order chi connectivity index (χ1) is 12.6. The lowest BCUT2D eigenvalue weighted by Gasteiger charge is -2.26. The molecule has 5 nitrogen and oxygen atoms in total. The van der Waals surface area contributed by atoms with Gasteiger partial charge < -0.3 is 19.0 Å². The molecule has 0 aliphatic carbocycles. The van der Waals surface area contributed by atoms with E-state index in [1.165, 1.54) is 16.7 Å². The lowest BCUT2D eigenvalue weighted by Crippen LogP contribution is -2.35. The van der Waals surface area contributed by atoms with Crippen LogP contribution in [0.5, 0.6) is 0 Å². The molecule has 0 aliphatic heterocycles. The van der Waals surface area contributed by atoms with Crippen molar-refractivity contribution in [3.8, 4) is 0 Å². The van der Waals surface area contributed by atoms with Gasteiger partial charge in [-0.05, 0) is 43.5 Å². The third kappa shape index (κ3) is 7.30. The third-order valence-electron chi connectivity index (χ3n) is 4.32. The molecule has 2 rings (SSSR count). The number of aliphatic hydroxyl groups excluding tert-OH is 1. The van der Waals surface area contributed by atoms with Crippen molar-refractivity contribution in [2.45, 2.75) is 39.5 Å². The van der Waals surface area contributed by atoms with Gasteiger partial charge in [0, 0.05) is 33.4 Å². The summed E-state index contributed by atoms with van der Waals surface area (Å²) in [7, 11) is 1.71. The van der Waals surface area contributed by atoms with Crippen LogP contribution in [0.1, 0.15) is 28.9 Å². The van der Waals surface area contributed by atoms with Crippen LogP contribution < -0.4 is 0 Å². The van der Waals surface area contributed by atoms with Crippen molar-refractivity contribution in [1.82, 2.24) is 4.90 Å². The summed E-state index contributed by atoms with van der Waals surface area (Å²) < 4.78 is 16.0. The molecule has 0 bridgehead atoms. The Balaban J connectivity index is 1.87. The lowest BCUT2D eigenvalue weighted by atomic mass is 10.0. The standard InChI is InChI=1S/C21H31NO4/c1-17-7-8-18(2)19(12-17)13-22(9-5-10-24-3)14-20(23)15-25-16-21-6-4-11-26-21/h4,6-8,11-12,20,23H,5,9-10,13-16H2,1-3H3. The molecular weight excluding hydrogens is 330 g/mol. The van der Waals surface area contributed by atoms with Gasteiger partial charge in [-0.3, -0.25) is 4.90 Å². The average Bonchev–Trinajstić information content (AvgIpc) is 3.11. The molecule has 1 aromatic carbocycles. The summed E-state index contributed by atoms with van der Waals surface area (Å²) in [5.74, 6) is 0.768. The quantitative estimate of drug-likeness (QED) is 0.588. The smallest absolute Gasteiger partial charge is 0.129 e. The average molecular weight is 361 g/mol. The summed E-state index contributed by atoms with van der Waals surface area (Å²) in [6, 6.07) is 10.2. The molecular formula is C21H31NO4. The molecule has 0 fully saturated rings. The summed E-state index contributed by atoms with van der Waals surface area (Å²) in [5.41, 5.74) is 3.83. The van der Waals surface area contributed by atoms with E-state index in [1.54, 1.807) is 13.4 Å². The van der Waals surface area contributed by atoms with Crippen molar-refractivity contribution in [3.63, 3.8) is 0 Å². The minimum Gasteiger partial charge on any atom is -0.467 e. The first-order valence-electron chi connectivity index (χ1n) is 9.14. The molecule has 26 heavy (non-hydrogen) atoms. The molecule has 1 heterocycles. The molecule has 144 valence electrons. The Morgan fingerprint density at radius 3 is 2.81 bits per heavy atom. The van der Waals surface area contributed by atoms with Crippen LogP contribution in [0.2, 0.25) is 0 Å². The predicted octanol–water partition coefficient (Wildman–Crippen LogP) is 3.31. The fraction of sp³-hybridized carbons (Fsp3) is 0.524. The van der Waals surface area contributed by atoms with E-state index in [0.717, 1.165) is 25.3 Å². The Hall–Kier alpha value is -1.66. The maximum atomic E-state index is 10.4. The summed E-state index contributed by atoms with van der Waals surface area (Å²) in [6.45, 7) is 7.87. The number of nitrogens with zero attached hydrogens (tertiary/aromatic N) is 1. The van der Waals surface area contributed by atoms with Crippen molar-refractivity contribution in [3.05, 3.63) is 59.0 Å². The SMILES string of the molecule is COCCCN(Cc1cc(C)ccc1C)CC(O)COCc1ccco1. The van der Waals surface area contributed by atoms with Crippen LogP contribution in [0.4, 0.5) is 0 Å². The Morgan fingerprint density at radius 1 is 1.23 bits per heavy atom. The number of methoxy groups -OCH3 is 1. The number of hydrogen-bond acceptors (Lipinski definition) is 5. The van der Waals surface area contributed by atoms with Gasteiger partial charge in [0.2, 0.25) is 0 Å². The second kappa shape index (κ2) is 11.1. The molecule has 1 atom stereocenters. The van der Waals surface area contributed by atoms with E-state index < -0.39 is 6.10 Å². The monoisotopic (exact) mass is 361 g/mol. The fourth-order valence-electron chi connectivity index (χ4n) is 2.92. The molecule has 1 aromatic heterocycles. The Labute approximate surface area is 156 Å². The minimum atomic E-state index is -0.544. The molecule has 0 saturated carbocycles. The molecule has 0 amide bonds. The Morgan fingerprint density at radius 2 is 2.08 bits per heavy atom. The fourth-order valence-corrected chi connectivity index (χ4v) is 2.92. The third-order valence-corrected chi connectivity index (χ3v) is 4.32. The molecule has 0 saturated heterocycles. The van der Waals surface area contributed by atoms with Gasteiger partial charge in [-0.25, -0.2) is 0 Å². The Kier molecular flexibility index (Phi) is 8.85. The largest absolute Gasteiger partial charge is 0.467 e. The molecule has 1 unspecified atom stereocenters. The number of aliphatic hydroxyl groups is 1. The van der Waals surface area contributed by atoms with E-state index >= 15 is 0 Å². The highest BCUT2D eigenvalue weighted by Crippen LogP contribution is 2.14. The number of furan rings is 1. The van der Waals surface area contributed by atoms with Crippen molar-refractivity contribution < 1.29 is 19.0 Å². The van der Waals surface area contributed by atoms with Gasteiger partial charge in [-0.1, -0.05) is 23.8 Å². The summed E-state index contributed by atoms with van der Waals surface area (Å²) in [5, 5.41) is 10.4. The summed E-state index contributed by atoms with van der Waals surface area (Å²) >= 11 is 0. The van der Waals surface area contributed by atoms with Gasteiger partial charge in [0.15, 0.2) is 0 Å². The number of aryl methyl sites for hydroxylation is 2. The predicted molar refractivity (Wildman–Crippen MR) is 102 cm³/mol. The van der Waals surface area contributed by atoms with Crippen LogP contribution in [-0.2, 0) is 22.6 Å². The summed E-state index contributed by atoms with van der Waals surface area (Å²) in [6.07, 6.45) is 2.01. The highest BCUT2D eigenvalue weighted by atomic mass is 16.5. The van der Waals surface area contributed by atoms with Crippen molar-refractivity contribution in [2.75, 3.05) is 33.4 Å². The van der Waals surface area contributed by atoms with Crippen LogP contribution in [0.25, 0.3) is 0 Å². The normalized spacial score (nSPS) is 12.7. The zero-order chi connectivity index (χ0) is 18.8. The molecule has 5 heteroatoms. The highest BCUT2D eigenvalue weighted by Gasteiger charge is 2.14. The van der Waals surface area contributed by atoms with Crippen molar-refractivity contribution in [1.29, 1.82) is 0 Å². The molecule has 0 radical (unpaired) electrons. The van der Waals surface area contributed by atoms with E-state index in [1.807, 2.05) is 12.1 Å². The molecule has 0 spiro atoms. The molecule has 0 aliphatic rings. The lowest BCUT2D eigenvalue weighted by molar-refractivity contribution is 0.00279. The number of rotatable bonds is 12. The maximum absolute atomic E-state index is 10.4. The van der Waals surface area contributed by atoms with E-state index in [2.05, 4.69) is 36.9 Å². The van der Waals surface area contributed by atoms with Gasteiger partial charge in [0.05, 0.1) is 19.0 Å². The highest BCUT2D eigenvalue weighted by molar-refractivity contribution is 5.30. The summed E-state index contributed by atoms with van der Waals surface area (Å²) in [4.78, 5) is 2.27. The first kappa shape index (κ1) is 20.6. The first-order valence-corrected chi connectivity index (χ1v) is 9.14. The van der Waals surface area contributed by atoms with Crippen LogP contribution in [0, 0.1) is 13.8 Å². The number of hydrogen-bond donors (Lipinski definition) is 1. The maximum Gasteiger partial charge on any atom is 0.129 e. The Bertz CT molecular complexity index is 627. The molecule has 2 aromatic rings. The topological polar surface area (TPSA) is 55.1 Å². The zero-order valence-corrected chi connectivity index (χ0v) is 16.1. The van der Waals surface area contributed by atoms with Crippen LogP contribution >= 0.6 is 0 Å². The van der Waals surface area contributed by atoms with E-state index in [9.17, 15) is 5.11 Å². The van der Waals surface area contributed by atoms with E-state index in [4.69, 9.17) is 13.9 Å². The van der Waals surface area contributed by atoms with E-state index in [0.29, 0.717) is 19.8 Å². The van der Waals surface area contributed by atoms with E-state index in [-0.39, 0.29) is 6.61 Å². The van der Waals surface area contributed by atoms with Gasteiger partial charge in [-0.2, -0.15) is 0 Å². The van der Waals surface area contributed by atoms with Crippen molar-refractivity contribution >= 4 is 0 Å². The van der Waals surface area contributed by atoms with Crippen LogP contribution in [0.3, 0.4) is 0 Å². The van der Waals surface area contributed by atoms with Gasteiger partial charge in [0.25, 0.3) is 0 Å². The second-order valence-electron chi connectivity index (χ2n) is 6.76. The van der Waals surface area contributed by atoms with Gasteiger partial charge in [0.1, 0.15) is 12.4 Å². The zero-order valence-electron chi connectivity index (χ0n) is 16.1. The molecule has 1 N–H and O–H groups in total. The second-order valence-corrected chi connectivity index (χ2v) is 6.76. The van der Waals surface area contributed by atoms with Crippen LogP contribution in [-0.4, -0.2) is 49.5 Å². The van der Waals surface area contributed by atoms with Crippen molar-refractivity contribution in [2.24, 2.45) is 0 Å². The van der Waals surface area contributed by atoms with Gasteiger partial charge >= 0.3 is 0 Å². The van der Waals surface area contributed by atoms with Crippen LogP contribution in [0.15, 0.2) is 41.0 Å². The van der Waals surface area contributed by atoms with Gasteiger partial charge in [-0.15, -0.1) is 0 Å². The number of benzene rings is 1. The minimum absolute atomic E-state index is 0.286. The number of ether oxygens (including phenoxy) is 2.